The first kappa shape index (κ1) is 22.2. The third kappa shape index (κ3) is 4.30. The number of thiocarbonyl (C=S) groups is 1. The lowest BCUT2D eigenvalue weighted by atomic mass is 9.89. The SMILES string of the molecule is C[C@@H]1CCc2c(sc(NC(=S)NC(=O)c3cc(-c4ccccc4)nc4ccccc34)c2C#N)C1. The van der Waals surface area contributed by atoms with E-state index in [9.17, 15) is 10.1 Å². The molecule has 1 aliphatic carbocycles. The maximum Gasteiger partial charge on any atom is 0.258 e. The number of aromatic nitrogens is 1. The number of hydrogen-bond donors (Lipinski definition) is 2. The van der Waals surface area contributed by atoms with Gasteiger partial charge in [0.1, 0.15) is 11.1 Å². The zero-order valence-corrected chi connectivity index (χ0v) is 20.2. The fourth-order valence-corrected chi connectivity index (χ4v) is 6.01. The van der Waals surface area contributed by atoms with Gasteiger partial charge in [-0.3, -0.25) is 10.1 Å². The Labute approximate surface area is 207 Å². The minimum Gasteiger partial charge on any atom is -0.323 e. The van der Waals surface area contributed by atoms with Gasteiger partial charge in [0, 0.05) is 15.8 Å². The second-order valence-electron chi connectivity index (χ2n) is 8.51. The summed E-state index contributed by atoms with van der Waals surface area (Å²) in [6.45, 7) is 2.23. The van der Waals surface area contributed by atoms with Crippen LogP contribution in [0, 0.1) is 17.2 Å². The van der Waals surface area contributed by atoms with Crippen LogP contribution in [0.25, 0.3) is 22.2 Å². The number of rotatable bonds is 3. The molecule has 1 aliphatic rings. The fraction of sp³-hybridized carbons (Fsp3) is 0.185. The highest BCUT2D eigenvalue weighted by atomic mass is 32.1. The predicted octanol–water partition coefficient (Wildman–Crippen LogP) is 6.09. The Hall–Kier alpha value is -3.60. The second kappa shape index (κ2) is 9.34. The molecular weight excluding hydrogens is 460 g/mol. The van der Waals surface area contributed by atoms with Crippen molar-refractivity contribution in [1.82, 2.24) is 10.3 Å². The molecule has 4 aromatic rings. The van der Waals surface area contributed by atoms with E-state index in [1.54, 1.807) is 17.4 Å². The normalized spacial score (nSPS) is 14.8. The Morgan fingerprint density at radius 1 is 1.18 bits per heavy atom. The first-order chi connectivity index (χ1) is 16.5. The van der Waals surface area contributed by atoms with E-state index in [1.807, 2.05) is 54.6 Å². The number of thiophene rings is 1. The number of hydrogen-bond acceptors (Lipinski definition) is 5. The molecule has 168 valence electrons. The zero-order valence-electron chi connectivity index (χ0n) is 18.6. The van der Waals surface area contributed by atoms with Gasteiger partial charge in [-0.25, -0.2) is 4.98 Å². The van der Waals surface area contributed by atoms with Gasteiger partial charge in [0.2, 0.25) is 0 Å². The summed E-state index contributed by atoms with van der Waals surface area (Å²) in [7, 11) is 0. The smallest absolute Gasteiger partial charge is 0.258 e. The van der Waals surface area contributed by atoms with Crippen LogP contribution in [0.1, 0.15) is 39.7 Å². The molecule has 7 heteroatoms. The lowest BCUT2D eigenvalue weighted by Crippen LogP contribution is -2.34. The van der Waals surface area contributed by atoms with Crippen molar-refractivity contribution < 1.29 is 4.79 Å². The lowest BCUT2D eigenvalue weighted by molar-refractivity contribution is 0.0979. The molecule has 2 heterocycles. The number of benzene rings is 2. The monoisotopic (exact) mass is 482 g/mol. The minimum absolute atomic E-state index is 0.176. The van der Waals surface area contributed by atoms with Crippen molar-refractivity contribution >= 4 is 50.5 Å². The van der Waals surface area contributed by atoms with Crippen LogP contribution in [0.4, 0.5) is 5.00 Å². The Morgan fingerprint density at radius 2 is 1.94 bits per heavy atom. The van der Waals surface area contributed by atoms with Crippen molar-refractivity contribution in [1.29, 1.82) is 5.26 Å². The predicted molar refractivity (Wildman–Crippen MR) is 141 cm³/mol. The minimum atomic E-state index is -0.318. The molecule has 0 bridgehead atoms. The molecule has 0 radical (unpaired) electrons. The average molecular weight is 483 g/mol. The summed E-state index contributed by atoms with van der Waals surface area (Å²) >= 11 is 7.03. The van der Waals surface area contributed by atoms with E-state index in [1.165, 1.54) is 4.88 Å². The third-order valence-electron chi connectivity index (χ3n) is 6.11. The van der Waals surface area contributed by atoms with Gasteiger partial charge in [0.25, 0.3) is 5.91 Å². The van der Waals surface area contributed by atoms with E-state index in [0.717, 1.165) is 47.0 Å². The van der Waals surface area contributed by atoms with Gasteiger partial charge in [0.15, 0.2) is 5.11 Å². The van der Waals surface area contributed by atoms with Crippen LogP contribution in [0.2, 0.25) is 0 Å². The van der Waals surface area contributed by atoms with Crippen molar-refractivity contribution in [3.05, 3.63) is 82.2 Å². The summed E-state index contributed by atoms with van der Waals surface area (Å²) < 4.78 is 0. The Balaban J connectivity index is 1.42. The summed E-state index contributed by atoms with van der Waals surface area (Å²) in [4.78, 5) is 19.3. The van der Waals surface area contributed by atoms with Gasteiger partial charge in [-0.15, -0.1) is 11.3 Å². The van der Waals surface area contributed by atoms with Gasteiger partial charge in [0.05, 0.1) is 22.3 Å². The number of nitrogens with one attached hydrogen (secondary N) is 2. The quantitative estimate of drug-likeness (QED) is 0.346. The van der Waals surface area contributed by atoms with Gasteiger partial charge in [-0.05, 0) is 55.1 Å². The first-order valence-electron chi connectivity index (χ1n) is 11.2. The Bertz CT molecular complexity index is 1450. The van der Waals surface area contributed by atoms with Crippen LogP contribution in [0.5, 0.6) is 0 Å². The van der Waals surface area contributed by atoms with Crippen molar-refractivity contribution in [3.8, 4) is 17.3 Å². The number of carbonyl (C=O) groups is 1. The molecule has 2 aromatic heterocycles. The van der Waals surface area contributed by atoms with Crippen molar-refractivity contribution in [2.45, 2.75) is 26.2 Å². The van der Waals surface area contributed by atoms with Crippen LogP contribution in [-0.4, -0.2) is 16.0 Å². The highest BCUT2D eigenvalue weighted by Crippen LogP contribution is 2.39. The molecule has 0 saturated carbocycles. The molecule has 1 atom stereocenters. The first-order valence-corrected chi connectivity index (χ1v) is 12.4. The average Bonchev–Trinajstić information content (AvgIpc) is 3.19. The largest absolute Gasteiger partial charge is 0.323 e. The van der Waals surface area contributed by atoms with Crippen LogP contribution in [-0.2, 0) is 12.8 Å². The van der Waals surface area contributed by atoms with E-state index >= 15 is 0 Å². The highest BCUT2D eigenvalue weighted by Gasteiger charge is 2.24. The molecule has 34 heavy (non-hydrogen) atoms. The highest BCUT2D eigenvalue weighted by molar-refractivity contribution is 7.80. The topological polar surface area (TPSA) is 77.8 Å². The fourth-order valence-electron chi connectivity index (χ4n) is 4.38. The van der Waals surface area contributed by atoms with Crippen molar-refractivity contribution in [2.75, 3.05) is 5.32 Å². The number of nitrogens with zero attached hydrogens (tertiary/aromatic N) is 2. The van der Waals surface area contributed by atoms with E-state index in [4.69, 9.17) is 17.2 Å². The molecule has 0 spiro atoms. The maximum atomic E-state index is 13.3. The number of anilines is 1. The zero-order chi connectivity index (χ0) is 23.7. The number of amides is 1. The molecule has 0 fully saturated rings. The van der Waals surface area contributed by atoms with Gasteiger partial charge >= 0.3 is 0 Å². The molecule has 0 saturated heterocycles. The number of nitriles is 1. The molecule has 1 amide bonds. The number of para-hydroxylation sites is 1. The van der Waals surface area contributed by atoms with Crippen LogP contribution in [0.3, 0.4) is 0 Å². The number of pyridine rings is 1. The standard InChI is InChI=1S/C27H22N4OS2/c1-16-11-12-19-21(15-28)26(34-24(19)13-16)31-27(33)30-25(32)20-14-23(17-7-3-2-4-8-17)29-22-10-6-5-9-18(20)22/h2-10,14,16H,11-13H2,1H3,(H2,30,31,32,33)/t16-/m1/s1. The molecule has 5 nitrogen and oxygen atoms in total. The molecule has 2 aromatic carbocycles. The van der Waals surface area contributed by atoms with Crippen molar-refractivity contribution in [2.24, 2.45) is 5.92 Å². The van der Waals surface area contributed by atoms with Gasteiger partial charge < -0.3 is 5.32 Å². The summed E-state index contributed by atoms with van der Waals surface area (Å²) in [6.07, 6.45) is 2.96. The summed E-state index contributed by atoms with van der Waals surface area (Å²) in [5, 5.41) is 17.3. The van der Waals surface area contributed by atoms with Crippen molar-refractivity contribution in [3.63, 3.8) is 0 Å². The van der Waals surface area contributed by atoms with E-state index in [2.05, 4.69) is 23.6 Å². The number of fused-ring (bicyclic) bond motifs is 2. The maximum absolute atomic E-state index is 13.3. The van der Waals surface area contributed by atoms with Crippen LogP contribution in [0.15, 0.2) is 60.7 Å². The van der Waals surface area contributed by atoms with Crippen LogP contribution < -0.4 is 10.6 Å². The van der Waals surface area contributed by atoms with Gasteiger partial charge in [-0.1, -0.05) is 55.5 Å². The second-order valence-corrected chi connectivity index (χ2v) is 10.0. The Morgan fingerprint density at radius 3 is 2.74 bits per heavy atom. The molecule has 0 unspecified atom stereocenters. The van der Waals surface area contributed by atoms with Crippen LogP contribution >= 0.6 is 23.6 Å². The molecule has 2 N–H and O–H groups in total. The van der Waals surface area contributed by atoms with E-state index in [-0.39, 0.29) is 11.0 Å². The third-order valence-corrected chi connectivity index (χ3v) is 7.48. The molecule has 0 aliphatic heterocycles. The summed E-state index contributed by atoms with van der Waals surface area (Å²) in [5.74, 6) is 0.290. The summed E-state index contributed by atoms with van der Waals surface area (Å²) in [6, 6.07) is 21.4. The molecule has 5 rings (SSSR count). The number of carbonyl (C=O) groups excluding carboxylic acids is 1. The van der Waals surface area contributed by atoms with E-state index < -0.39 is 0 Å². The van der Waals surface area contributed by atoms with Gasteiger partial charge in [-0.2, -0.15) is 5.26 Å². The summed E-state index contributed by atoms with van der Waals surface area (Å²) in [5.41, 5.74) is 4.64. The molecular formula is C27H22N4OS2. The van der Waals surface area contributed by atoms with E-state index in [0.29, 0.717) is 22.0 Å². The Kier molecular flexibility index (Phi) is 6.10. The lowest BCUT2D eigenvalue weighted by Gasteiger charge is -2.17.